The first-order chi connectivity index (χ1) is 15.0. The molecule has 3 aromatic rings. The van der Waals surface area contributed by atoms with Gasteiger partial charge in [-0.05, 0) is 48.5 Å². The molecule has 0 spiro atoms. The van der Waals surface area contributed by atoms with Gasteiger partial charge in [0, 0.05) is 31.7 Å². The maximum Gasteiger partial charge on any atom is 0.288 e. The van der Waals surface area contributed by atoms with Gasteiger partial charge in [-0.2, -0.15) is 4.31 Å². The van der Waals surface area contributed by atoms with Gasteiger partial charge in [0.15, 0.2) is 0 Å². The maximum atomic E-state index is 13.0. The molecular weight excluding hydrogens is 432 g/mol. The zero-order chi connectivity index (χ0) is 21.8. The average Bonchev–Trinajstić information content (AvgIpc) is 3.15. The minimum atomic E-state index is -3.48. The molecule has 4 rings (SSSR count). The van der Waals surface area contributed by atoms with Crippen LogP contribution in [0.3, 0.4) is 0 Å². The van der Waals surface area contributed by atoms with Crippen molar-refractivity contribution < 1.29 is 12.8 Å². The average molecular weight is 459 g/mol. The lowest BCUT2D eigenvalue weighted by atomic mass is 10.1. The van der Waals surface area contributed by atoms with Crippen LogP contribution in [0, 0.1) is 4.84 Å². The molecule has 0 unspecified atom stereocenters. The molecule has 0 radical (unpaired) electrons. The van der Waals surface area contributed by atoms with Gasteiger partial charge < -0.3 is 4.42 Å². The van der Waals surface area contributed by atoms with Gasteiger partial charge in [-0.15, -0.1) is 5.10 Å². The molecule has 0 aliphatic carbocycles. The monoisotopic (exact) mass is 458 g/mol. The highest BCUT2D eigenvalue weighted by Crippen LogP contribution is 2.20. The molecule has 1 aliphatic rings. The van der Waals surface area contributed by atoms with Crippen LogP contribution < -0.4 is 0 Å². The Labute approximate surface area is 188 Å². The Morgan fingerprint density at radius 3 is 2.32 bits per heavy atom. The van der Waals surface area contributed by atoms with E-state index in [9.17, 15) is 8.42 Å². The first-order valence-corrected chi connectivity index (χ1v) is 12.3. The lowest BCUT2D eigenvalue weighted by Gasteiger charge is -2.33. The number of benzene rings is 2. The van der Waals surface area contributed by atoms with Gasteiger partial charge in [0.25, 0.3) is 4.84 Å². The summed E-state index contributed by atoms with van der Waals surface area (Å²) in [6, 6.07) is 16.9. The highest BCUT2D eigenvalue weighted by atomic mass is 32.2. The molecule has 0 atom stereocenters. The Bertz CT molecular complexity index is 1160. The number of rotatable bonds is 7. The fourth-order valence-electron chi connectivity index (χ4n) is 3.66. The van der Waals surface area contributed by atoms with Gasteiger partial charge in [-0.25, -0.2) is 13.1 Å². The van der Waals surface area contributed by atoms with Gasteiger partial charge in [0.05, 0.1) is 11.6 Å². The van der Waals surface area contributed by atoms with E-state index in [0.29, 0.717) is 48.5 Å². The smallest absolute Gasteiger partial charge is 0.288 e. The van der Waals surface area contributed by atoms with E-state index in [0.717, 1.165) is 24.0 Å². The molecule has 0 saturated carbocycles. The van der Waals surface area contributed by atoms with Crippen molar-refractivity contribution >= 4 is 22.2 Å². The number of nitrogens with zero attached hydrogens (tertiary/aromatic N) is 4. The molecule has 2 aromatic carbocycles. The Kier molecular flexibility index (Phi) is 6.66. The van der Waals surface area contributed by atoms with Gasteiger partial charge >= 0.3 is 0 Å². The van der Waals surface area contributed by atoms with Crippen molar-refractivity contribution in [3.8, 4) is 11.5 Å². The standard InChI is InChI=1S/C22H26N4O3S2/c1-2-6-18-9-11-20(12-10-18)31(27,28)25-15-13-24(14-16-25)17-26-22(30)29-21(23-26)19-7-4-3-5-8-19/h3-5,7-12H,2,6,13-17H2,1H3. The summed E-state index contributed by atoms with van der Waals surface area (Å²) in [5.74, 6) is 0.485. The van der Waals surface area contributed by atoms with E-state index in [4.69, 9.17) is 16.6 Å². The SMILES string of the molecule is CCCc1ccc(S(=O)(=O)N2CCN(Cn3nc(-c4ccccc4)oc3=S)CC2)cc1. The van der Waals surface area contributed by atoms with E-state index in [2.05, 4.69) is 16.9 Å². The minimum absolute atomic E-state index is 0.307. The fourth-order valence-corrected chi connectivity index (χ4v) is 5.26. The van der Waals surface area contributed by atoms with Crippen LogP contribution in [-0.2, 0) is 23.1 Å². The van der Waals surface area contributed by atoms with Gasteiger partial charge in [0.2, 0.25) is 15.9 Å². The van der Waals surface area contributed by atoms with Crippen molar-refractivity contribution in [1.82, 2.24) is 19.0 Å². The van der Waals surface area contributed by atoms with Crippen LogP contribution in [0.1, 0.15) is 18.9 Å². The lowest BCUT2D eigenvalue weighted by molar-refractivity contribution is 0.143. The van der Waals surface area contributed by atoms with E-state index < -0.39 is 10.0 Å². The van der Waals surface area contributed by atoms with Crippen molar-refractivity contribution in [2.45, 2.75) is 31.3 Å². The Balaban J connectivity index is 1.39. The molecule has 7 nitrogen and oxygen atoms in total. The summed E-state index contributed by atoms with van der Waals surface area (Å²) in [6.07, 6.45) is 1.99. The largest absolute Gasteiger partial charge is 0.409 e. The predicted octanol–water partition coefficient (Wildman–Crippen LogP) is 3.79. The quantitative estimate of drug-likeness (QED) is 0.502. The van der Waals surface area contributed by atoms with Crippen LogP contribution in [0.5, 0.6) is 0 Å². The van der Waals surface area contributed by atoms with E-state index in [1.165, 1.54) is 0 Å². The van der Waals surface area contributed by atoms with Crippen molar-refractivity contribution in [1.29, 1.82) is 0 Å². The Morgan fingerprint density at radius 1 is 1.00 bits per heavy atom. The zero-order valence-electron chi connectivity index (χ0n) is 17.5. The molecule has 1 fully saturated rings. The second kappa shape index (κ2) is 9.44. The van der Waals surface area contributed by atoms with Gasteiger partial charge in [-0.1, -0.05) is 43.7 Å². The predicted molar refractivity (Wildman–Crippen MR) is 122 cm³/mol. The zero-order valence-corrected chi connectivity index (χ0v) is 19.1. The number of sulfonamides is 1. The number of hydrogen-bond acceptors (Lipinski definition) is 6. The van der Waals surface area contributed by atoms with Crippen LogP contribution in [0.15, 0.2) is 63.9 Å². The first kappa shape index (κ1) is 21.9. The Morgan fingerprint density at radius 2 is 1.68 bits per heavy atom. The molecule has 0 bridgehead atoms. The van der Waals surface area contributed by atoms with E-state index >= 15 is 0 Å². The molecular formula is C22H26N4O3S2. The molecule has 2 heterocycles. The summed E-state index contributed by atoms with van der Waals surface area (Å²) in [5.41, 5.74) is 2.03. The fraction of sp³-hybridized carbons (Fsp3) is 0.364. The number of aromatic nitrogens is 2. The van der Waals surface area contributed by atoms with Crippen molar-refractivity contribution in [3.05, 3.63) is 65.0 Å². The van der Waals surface area contributed by atoms with E-state index in [1.807, 2.05) is 42.5 Å². The third kappa shape index (κ3) is 4.95. The number of hydrogen-bond donors (Lipinski definition) is 0. The third-order valence-electron chi connectivity index (χ3n) is 5.39. The normalized spacial score (nSPS) is 15.9. The third-order valence-corrected chi connectivity index (χ3v) is 7.60. The number of aryl methyl sites for hydroxylation is 1. The summed E-state index contributed by atoms with van der Waals surface area (Å²) >= 11 is 5.32. The summed E-state index contributed by atoms with van der Waals surface area (Å²) in [7, 11) is -3.48. The van der Waals surface area contributed by atoms with Crippen molar-refractivity contribution in [2.75, 3.05) is 26.2 Å². The molecule has 1 saturated heterocycles. The lowest BCUT2D eigenvalue weighted by Crippen LogP contribution is -2.48. The maximum absolute atomic E-state index is 13.0. The van der Waals surface area contributed by atoms with Crippen LogP contribution in [0.4, 0.5) is 0 Å². The summed E-state index contributed by atoms with van der Waals surface area (Å²) in [4.78, 5) is 2.79. The molecule has 0 amide bonds. The van der Waals surface area contributed by atoms with Crippen molar-refractivity contribution in [2.24, 2.45) is 0 Å². The van der Waals surface area contributed by atoms with Crippen LogP contribution in [0.2, 0.25) is 0 Å². The molecule has 1 aromatic heterocycles. The molecule has 164 valence electrons. The highest BCUT2D eigenvalue weighted by Gasteiger charge is 2.28. The van der Waals surface area contributed by atoms with Gasteiger partial charge in [0.1, 0.15) is 0 Å². The van der Waals surface area contributed by atoms with Crippen LogP contribution >= 0.6 is 12.2 Å². The number of piperazine rings is 1. The van der Waals surface area contributed by atoms with E-state index in [-0.39, 0.29) is 0 Å². The summed E-state index contributed by atoms with van der Waals surface area (Å²) in [6.45, 7) is 4.63. The van der Waals surface area contributed by atoms with E-state index in [1.54, 1.807) is 21.1 Å². The Hall–Kier alpha value is -2.33. The second-order valence-corrected chi connectivity index (χ2v) is 9.88. The topological polar surface area (TPSA) is 71.6 Å². The summed E-state index contributed by atoms with van der Waals surface area (Å²) < 4.78 is 34.8. The molecule has 0 N–H and O–H groups in total. The van der Waals surface area contributed by atoms with Crippen LogP contribution in [-0.4, -0.2) is 53.6 Å². The summed E-state index contributed by atoms with van der Waals surface area (Å²) in [5, 5.41) is 4.49. The molecule has 31 heavy (non-hydrogen) atoms. The minimum Gasteiger partial charge on any atom is -0.409 e. The first-order valence-electron chi connectivity index (χ1n) is 10.4. The molecule has 1 aliphatic heterocycles. The van der Waals surface area contributed by atoms with Gasteiger partial charge in [-0.3, -0.25) is 4.90 Å². The second-order valence-electron chi connectivity index (χ2n) is 7.60. The molecule has 9 heteroatoms. The van der Waals surface area contributed by atoms with Crippen molar-refractivity contribution in [3.63, 3.8) is 0 Å². The highest BCUT2D eigenvalue weighted by molar-refractivity contribution is 7.89. The van der Waals surface area contributed by atoms with Crippen LogP contribution in [0.25, 0.3) is 11.5 Å².